The van der Waals surface area contributed by atoms with Crippen molar-refractivity contribution in [2.75, 3.05) is 38.0 Å². The second-order valence-corrected chi connectivity index (χ2v) is 6.63. The summed E-state index contributed by atoms with van der Waals surface area (Å²) < 4.78 is 3.46. The molecule has 0 unspecified atom stereocenters. The molecule has 1 aromatic heterocycles. The number of hydrogen-bond donors (Lipinski definition) is 0. The van der Waals surface area contributed by atoms with E-state index in [0.29, 0.717) is 0 Å². The number of anilines is 2. The zero-order valence-electron chi connectivity index (χ0n) is 16.2. The molecule has 1 heterocycles. The van der Waals surface area contributed by atoms with Gasteiger partial charge in [-0.2, -0.15) is 0 Å². The van der Waals surface area contributed by atoms with E-state index in [1.807, 2.05) is 83.6 Å². The van der Waals surface area contributed by atoms with Gasteiger partial charge in [0.1, 0.15) is 0 Å². The third kappa shape index (κ3) is 5.04. The summed E-state index contributed by atoms with van der Waals surface area (Å²) in [6, 6.07) is 16.5. The summed E-state index contributed by atoms with van der Waals surface area (Å²) in [5, 5.41) is 8.87. The summed E-state index contributed by atoms with van der Waals surface area (Å²) in [5.74, 6) is 0. The van der Waals surface area contributed by atoms with Gasteiger partial charge in [0, 0.05) is 39.6 Å². The van der Waals surface area contributed by atoms with Gasteiger partial charge in [0.25, 0.3) is 6.33 Å². The van der Waals surface area contributed by atoms with Gasteiger partial charge < -0.3 is 9.80 Å². The lowest BCUT2D eigenvalue weighted by molar-refractivity contribution is -0.677. The third-order valence-corrected chi connectivity index (χ3v) is 4.11. The minimum absolute atomic E-state index is 1.05. The number of hydrogen-bond acceptors (Lipinski definition) is 4. The largest absolute Gasteiger partial charge is 0.378 e. The van der Waals surface area contributed by atoms with Gasteiger partial charge in [-0.1, -0.05) is 34.5 Å². The van der Waals surface area contributed by atoms with Crippen molar-refractivity contribution in [3.05, 3.63) is 78.4 Å². The monoisotopic (exact) mass is 361 g/mol. The lowest BCUT2D eigenvalue weighted by atomic mass is 10.2. The Morgan fingerprint density at radius 2 is 1.30 bits per heavy atom. The molecule has 27 heavy (non-hydrogen) atoms. The standard InChI is InChI=1S/C21H25N6/c1-24(2)20-9-5-18(6-10-20)15-22-26-13-14-27(17-26)23-16-19-7-11-21(12-8-19)25(3)4/h5-17H,1-4H3/q+1/b22-15+,23-16+. The highest BCUT2D eigenvalue weighted by molar-refractivity contribution is 5.80. The van der Waals surface area contributed by atoms with Gasteiger partial charge in [-0.3, -0.25) is 0 Å². The van der Waals surface area contributed by atoms with Crippen molar-refractivity contribution < 1.29 is 4.68 Å². The summed E-state index contributed by atoms with van der Waals surface area (Å²) in [4.78, 5) is 4.14. The zero-order valence-corrected chi connectivity index (χ0v) is 16.2. The van der Waals surface area contributed by atoms with Gasteiger partial charge >= 0.3 is 0 Å². The molecule has 3 aromatic rings. The van der Waals surface area contributed by atoms with E-state index in [0.717, 1.165) is 11.1 Å². The summed E-state index contributed by atoms with van der Waals surface area (Å²) in [7, 11) is 8.11. The topological polar surface area (TPSA) is 40.0 Å². The molecule has 6 nitrogen and oxygen atoms in total. The Bertz CT molecular complexity index is 842. The van der Waals surface area contributed by atoms with Crippen molar-refractivity contribution in [2.24, 2.45) is 10.2 Å². The Labute approximate surface area is 160 Å². The van der Waals surface area contributed by atoms with Crippen LogP contribution in [-0.2, 0) is 0 Å². The zero-order chi connectivity index (χ0) is 19.2. The molecule has 0 atom stereocenters. The normalized spacial score (nSPS) is 11.4. The van der Waals surface area contributed by atoms with E-state index >= 15 is 0 Å². The molecule has 0 aliphatic carbocycles. The minimum atomic E-state index is 1.05. The van der Waals surface area contributed by atoms with Crippen molar-refractivity contribution in [3.8, 4) is 0 Å². The lowest BCUT2D eigenvalue weighted by Crippen LogP contribution is -2.23. The van der Waals surface area contributed by atoms with Crippen LogP contribution in [0.2, 0.25) is 0 Å². The van der Waals surface area contributed by atoms with Crippen molar-refractivity contribution in [1.82, 2.24) is 4.68 Å². The lowest BCUT2D eigenvalue weighted by Gasteiger charge is -2.11. The van der Waals surface area contributed by atoms with Gasteiger partial charge in [0.2, 0.25) is 0 Å². The fraction of sp³-hybridized carbons (Fsp3) is 0.190. The highest BCUT2D eigenvalue weighted by atomic mass is 15.4. The van der Waals surface area contributed by atoms with Crippen LogP contribution in [0.25, 0.3) is 0 Å². The quantitative estimate of drug-likeness (QED) is 0.500. The van der Waals surface area contributed by atoms with Crippen LogP contribution in [0.5, 0.6) is 0 Å². The maximum Gasteiger partial charge on any atom is 0.295 e. The van der Waals surface area contributed by atoms with Crippen LogP contribution in [0.15, 0.2) is 77.5 Å². The first-order valence-corrected chi connectivity index (χ1v) is 8.74. The molecule has 0 amide bonds. The predicted octanol–water partition coefficient (Wildman–Crippen LogP) is 2.67. The van der Waals surface area contributed by atoms with E-state index in [2.05, 4.69) is 44.3 Å². The molecule has 0 aliphatic heterocycles. The molecule has 0 saturated heterocycles. The molecule has 3 rings (SSSR count). The van der Waals surface area contributed by atoms with E-state index in [-0.39, 0.29) is 0 Å². The van der Waals surface area contributed by atoms with Crippen LogP contribution in [0, 0.1) is 0 Å². The van der Waals surface area contributed by atoms with Crippen molar-refractivity contribution in [1.29, 1.82) is 0 Å². The van der Waals surface area contributed by atoms with E-state index in [4.69, 9.17) is 0 Å². The Morgan fingerprint density at radius 3 is 1.81 bits per heavy atom. The summed E-state index contributed by atoms with van der Waals surface area (Å²) in [5.41, 5.74) is 4.42. The second kappa shape index (κ2) is 8.31. The van der Waals surface area contributed by atoms with Gasteiger partial charge in [0.15, 0.2) is 12.4 Å². The smallest absolute Gasteiger partial charge is 0.295 e. The molecular formula is C21H25N6+. The summed E-state index contributed by atoms with van der Waals surface area (Å²) in [6.45, 7) is 0. The number of aromatic nitrogens is 2. The molecule has 0 aliphatic rings. The maximum atomic E-state index is 4.44. The van der Waals surface area contributed by atoms with Gasteiger partial charge in [0.05, 0.1) is 12.4 Å². The molecule has 0 saturated carbocycles. The molecule has 0 bridgehead atoms. The molecular weight excluding hydrogens is 336 g/mol. The highest BCUT2D eigenvalue weighted by Crippen LogP contribution is 2.11. The molecule has 6 heteroatoms. The first-order chi connectivity index (χ1) is 13.0. The van der Waals surface area contributed by atoms with Crippen LogP contribution < -0.4 is 14.5 Å². The van der Waals surface area contributed by atoms with E-state index in [1.165, 1.54) is 11.4 Å². The average Bonchev–Trinajstić information content (AvgIpc) is 3.13. The highest BCUT2D eigenvalue weighted by Gasteiger charge is 2.01. The Morgan fingerprint density at radius 1 is 0.778 bits per heavy atom. The van der Waals surface area contributed by atoms with E-state index < -0.39 is 0 Å². The van der Waals surface area contributed by atoms with E-state index in [9.17, 15) is 0 Å². The molecule has 0 radical (unpaired) electrons. The van der Waals surface area contributed by atoms with Crippen LogP contribution in [0.1, 0.15) is 11.1 Å². The third-order valence-electron chi connectivity index (χ3n) is 4.11. The molecule has 0 spiro atoms. The van der Waals surface area contributed by atoms with Crippen LogP contribution in [0.4, 0.5) is 11.4 Å². The number of imidazole rings is 1. The van der Waals surface area contributed by atoms with Crippen molar-refractivity contribution in [3.63, 3.8) is 0 Å². The summed E-state index contributed by atoms with van der Waals surface area (Å²) >= 11 is 0. The maximum absolute atomic E-state index is 4.44. The fourth-order valence-electron chi connectivity index (χ4n) is 2.46. The molecule has 0 fully saturated rings. The van der Waals surface area contributed by atoms with Gasteiger partial charge in [-0.25, -0.2) is 0 Å². The second-order valence-electron chi connectivity index (χ2n) is 6.63. The number of rotatable bonds is 6. The van der Waals surface area contributed by atoms with Crippen molar-refractivity contribution >= 4 is 23.8 Å². The molecule has 138 valence electrons. The minimum Gasteiger partial charge on any atom is -0.378 e. The number of nitrogens with zero attached hydrogens (tertiary/aromatic N) is 6. The summed E-state index contributed by atoms with van der Waals surface area (Å²) in [6.07, 6.45) is 9.19. The van der Waals surface area contributed by atoms with Crippen LogP contribution in [0.3, 0.4) is 0 Å². The predicted molar refractivity (Wildman–Crippen MR) is 112 cm³/mol. The Balaban J connectivity index is 1.63. The van der Waals surface area contributed by atoms with Gasteiger partial charge in [-0.15, -0.1) is 9.35 Å². The van der Waals surface area contributed by atoms with Crippen LogP contribution >= 0.6 is 0 Å². The Kier molecular flexibility index (Phi) is 5.66. The molecule has 0 N–H and O–H groups in total. The van der Waals surface area contributed by atoms with Gasteiger partial charge in [-0.05, 0) is 35.4 Å². The average molecular weight is 361 g/mol. The fourth-order valence-corrected chi connectivity index (χ4v) is 2.46. The SMILES string of the molecule is CN(C)c1ccc(/C=N/n2cc[n+](/N=C/c3ccc(N(C)C)cc3)c2)cc1. The molecule has 2 aromatic carbocycles. The van der Waals surface area contributed by atoms with Crippen molar-refractivity contribution in [2.45, 2.75) is 0 Å². The van der Waals surface area contributed by atoms with E-state index in [1.54, 1.807) is 9.35 Å². The van der Waals surface area contributed by atoms with Crippen LogP contribution in [-0.4, -0.2) is 45.3 Å². The first kappa shape index (κ1) is 18.4. The Hall–Kier alpha value is -3.41. The number of benzene rings is 2. The first-order valence-electron chi connectivity index (χ1n) is 8.74.